The molecule has 1 rings (SSSR count). The van der Waals surface area contributed by atoms with Crippen molar-refractivity contribution in [3.8, 4) is 0 Å². The molecule has 0 amide bonds. The molecule has 0 aliphatic heterocycles. The van der Waals surface area contributed by atoms with Crippen molar-refractivity contribution in [3.63, 3.8) is 0 Å². The Morgan fingerprint density at radius 1 is 1.29 bits per heavy atom. The fraction of sp³-hybridized carbons (Fsp3) is 0.154. The predicted octanol–water partition coefficient (Wildman–Crippen LogP) is 3.48. The molecule has 0 radical (unpaired) electrons. The first-order valence-electron chi connectivity index (χ1n) is 4.58. The van der Waals surface area contributed by atoms with Crippen molar-refractivity contribution in [1.29, 1.82) is 0 Å². The highest BCUT2D eigenvalue weighted by Gasteiger charge is 2.04. The minimum Gasteiger partial charge on any atom is -0.298 e. The molecule has 1 nitrogen and oxygen atoms in total. The Morgan fingerprint density at radius 3 is 2.50 bits per heavy atom. The van der Waals surface area contributed by atoms with Crippen molar-refractivity contribution in [2.75, 3.05) is 0 Å². The highest BCUT2D eigenvalue weighted by atomic mass is 16.1. The fourth-order valence-corrected chi connectivity index (χ4v) is 1.48. The van der Waals surface area contributed by atoms with Crippen LogP contribution in [0.3, 0.4) is 0 Å². The Kier molecular flexibility index (Phi) is 3.41. The standard InChI is InChI=1S/C13H14O/c1-4-6-13-10(3)7-8-11(9-14)12(13)5-2/h4-9H,2H2,1,3H3/b6-4-. The quantitative estimate of drug-likeness (QED) is 0.660. The van der Waals surface area contributed by atoms with E-state index >= 15 is 0 Å². The molecule has 1 aromatic carbocycles. The molecule has 0 fully saturated rings. The summed E-state index contributed by atoms with van der Waals surface area (Å²) < 4.78 is 0. The van der Waals surface area contributed by atoms with Gasteiger partial charge in [-0.15, -0.1) is 0 Å². The molecule has 1 aromatic rings. The van der Waals surface area contributed by atoms with Crippen molar-refractivity contribution < 1.29 is 4.79 Å². The van der Waals surface area contributed by atoms with Crippen molar-refractivity contribution in [1.82, 2.24) is 0 Å². The maximum absolute atomic E-state index is 10.8. The molecule has 0 aliphatic carbocycles. The second-order valence-electron chi connectivity index (χ2n) is 3.12. The summed E-state index contributed by atoms with van der Waals surface area (Å²) in [6.07, 6.45) is 6.55. The van der Waals surface area contributed by atoms with Crippen molar-refractivity contribution >= 4 is 18.4 Å². The molecule has 0 saturated carbocycles. The average Bonchev–Trinajstić information content (AvgIpc) is 2.21. The minimum absolute atomic E-state index is 0.693. The minimum atomic E-state index is 0.693. The number of allylic oxidation sites excluding steroid dienone is 1. The largest absolute Gasteiger partial charge is 0.298 e. The van der Waals surface area contributed by atoms with Crippen LogP contribution in [0, 0.1) is 6.92 Å². The van der Waals surface area contributed by atoms with E-state index in [1.807, 2.05) is 38.1 Å². The van der Waals surface area contributed by atoms with Crippen LogP contribution >= 0.6 is 0 Å². The van der Waals surface area contributed by atoms with Crippen LogP contribution in [0.15, 0.2) is 24.8 Å². The molecule has 0 saturated heterocycles. The average molecular weight is 186 g/mol. The molecule has 0 spiro atoms. The van der Waals surface area contributed by atoms with E-state index in [-0.39, 0.29) is 0 Å². The third-order valence-electron chi connectivity index (χ3n) is 2.20. The molecule has 0 bridgehead atoms. The third-order valence-corrected chi connectivity index (χ3v) is 2.20. The van der Waals surface area contributed by atoms with Gasteiger partial charge in [0.15, 0.2) is 6.29 Å². The van der Waals surface area contributed by atoms with Crippen LogP contribution in [-0.2, 0) is 0 Å². The Bertz CT molecular complexity index is 386. The van der Waals surface area contributed by atoms with E-state index in [2.05, 4.69) is 6.58 Å². The molecule has 0 aliphatic rings. The van der Waals surface area contributed by atoms with E-state index in [1.54, 1.807) is 6.08 Å². The summed E-state index contributed by atoms with van der Waals surface area (Å²) in [6.45, 7) is 7.71. The zero-order chi connectivity index (χ0) is 10.6. The van der Waals surface area contributed by atoms with Gasteiger partial charge in [-0.1, -0.05) is 36.9 Å². The number of hydrogen-bond donors (Lipinski definition) is 0. The summed E-state index contributed by atoms with van der Waals surface area (Å²) in [5, 5.41) is 0. The van der Waals surface area contributed by atoms with E-state index < -0.39 is 0 Å². The summed E-state index contributed by atoms with van der Waals surface area (Å²) >= 11 is 0. The molecule has 0 aromatic heterocycles. The number of carbonyl (C=O) groups excluding carboxylic acids is 1. The van der Waals surface area contributed by atoms with Gasteiger partial charge in [-0.2, -0.15) is 0 Å². The molecular weight excluding hydrogens is 172 g/mol. The van der Waals surface area contributed by atoms with Gasteiger partial charge in [0.2, 0.25) is 0 Å². The van der Waals surface area contributed by atoms with Crippen LogP contribution in [0.25, 0.3) is 12.2 Å². The van der Waals surface area contributed by atoms with E-state index in [0.717, 1.165) is 23.0 Å². The number of aldehydes is 1. The molecule has 1 heteroatoms. The van der Waals surface area contributed by atoms with Crippen LogP contribution in [0.5, 0.6) is 0 Å². The highest BCUT2D eigenvalue weighted by molar-refractivity contribution is 5.85. The van der Waals surface area contributed by atoms with Crippen LogP contribution in [0.2, 0.25) is 0 Å². The lowest BCUT2D eigenvalue weighted by molar-refractivity contribution is 0.112. The first-order valence-corrected chi connectivity index (χ1v) is 4.58. The van der Waals surface area contributed by atoms with Crippen LogP contribution in [0.1, 0.15) is 34.0 Å². The lowest BCUT2D eigenvalue weighted by Crippen LogP contribution is -1.93. The number of benzene rings is 1. The van der Waals surface area contributed by atoms with Gasteiger partial charge >= 0.3 is 0 Å². The van der Waals surface area contributed by atoms with Gasteiger partial charge in [0.1, 0.15) is 0 Å². The predicted molar refractivity (Wildman–Crippen MR) is 61.4 cm³/mol. The van der Waals surface area contributed by atoms with E-state index in [0.29, 0.717) is 5.56 Å². The summed E-state index contributed by atoms with van der Waals surface area (Å²) in [6, 6.07) is 3.78. The maximum atomic E-state index is 10.8. The highest BCUT2D eigenvalue weighted by Crippen LogP contribution is 2.20. The first-order chi connectivity index (χ1) is 6.74. The fourth-order valence-electron chi connectivity index (χ4n) is 1.48. The van der Waals surface area contributed by atoms with Gasteiger partial charge < -0.3 is 0 Å². The van der Waals surface area contributed by atoms with Crippen molar-refractivity contribution in [2.45, 2.75) is 13.8 Å². The lowest BCUT2D eigenvalue weighted by atomic mass is 9.97. The van der Waals surface area contributed by atoms with E-state index in [1.165, 1.54) is 0 Å². The monoisotopic (exact) mass is 186 g/mol. The van der Waals surface area contributed by atoms with Crippen molar-refractivity contribution in [3.05, 3.63) is 47.0 Å². The van der Waals surface area contributed by atoms with Gasteiger partial charge in [-0.3, -0.25) is 4.79 Å². The molecular formula is C13H14O. The molecule has 0 unspecified atom stereocenters. The Balaban J connectivity index is 3.49. The Hall–Kier alpha value is -1.63. The summed E-state index contributed by atoms with van der Waals surface area (Å²) in [5.74, 6) is 0. The zero-order valence-electron chi connectivity index (χ0n) is 8.58. The second-order valence-corrected chi connectivity index (χ2v) is 3.12. The summed E-state index contributed by atoms with van der Waals surface area (Å²) in [7, 11) is 0. The third kappa shape index (κ3) is 1.82. The van der Waals surface area contributed by atoms with Crippen molar-refractivity contribution in [2.24, 2.45) is 0 Å². The SMILES string of the molecule is C=Cc1c(C=O)ccc(C)c1/C=C\C. The van der Waals surface area contributed by atoms with Crippen LogP contribution in [0.4, 0.5) is 0 Å². The topological polar surface area (TPSA) is 17.1 Å². The maximum Gasteiger partial charge on any atom is 0.150 e. The Labute approximate surface area is 84.8 Å². The van der Waals surface area contributed by atoms with Gasteiger partial charge in [0.25, 0.3) is 0 Å². The first kappa shape index (κ1) is 10.5. The lowest BCUT2D eigenvalue weighted by Gasteiger charge is -2.07. The van der Waals surface area contributed by atoms with Gasteiger partial charge in [0, 0.05) is 5.56 Å². The molecule has 72 valence electrons. The smallest absolute Gasteiger partial charge is 0.150 e. The summed E-state index contributed by atoms with van der Waals surface area (Å²) in [5.41, 5.74) is 3.84. The number of aryl methyl sites for hydroxylation is 1. The molecule has 14 heavy (non-hydrogen) atoms. The number of carbonyl (C=O) groups is 1. The summed E-state index contributed by atoms with van der Waals surface area (Å²) in [4.78, 5) is 10.8. The number of rotatable bonds is 3. The molecule has 0 heterocycles. The van der Waals surface area contributed by atoms with Gasteiger partial charge in [0.05, 0.1) is 0 Å². The molecule has 0 atom stereocenters. The second kappa shape index (κ2) is 4.56. The molecule has 0 N–H and O–H groups in total. The van der Waals surface area contributed by atoms with E-state index in [4.69, 9.17) is 0 Å². The van der Waals surface area contributed by atoms with Gasteiger partial charge in [-0.25, -0.2) is 0 Å². The van der Waals surface area contributed by atoms with Crippen LogP contribution in [-0.4, -0.2) is 6.29 Å². The Morgan fingerprint density at radius 2 is 2.00 bits per heavy atom. The zero-order valence-corrected chi connectivity index (χ0v) is 8.58. The normalized spacial score (nSPS) is 10.4. The van der Waals surface area contributed by atoms with Crippen LogP contribution < -0.4 is 0 Å². The van der Waals surface area contributed by atoms with Gasteiger partial charge in [-0.05, 0) is 30.5 Å². The number of hydrogen-bond acceptors (Lipinski definition) is 1. The van der Waals surface area contributed by atoms with E-state index in [9.17, 15) is 4.79 Å².